The number of pyridine rings is 3. The number of hydrogen-bond acceptors (Lipinski definition) is 7. The van der Waals surface area contributed by atoms with Crippen molar-refractivity contribution >= 4 is 11.6 Å². The van der Waals surface area contributed by atoms with Gasteiger partial charge in [-0.15, -0.1) is 0 Å². The lowest BCUT2D eigenvalue weighted by Gasteiger charge is -2.36. The molecule has 148 valence electrons. The number of rotatable bonds is 4. The second kappa shape index (κ2) is 8.24. The molecule has 0 amide bonds. The van der Waals surface area contributed by atoms with E-state index in [0.717, 1.165) is 54.6 Å². The Bertz CT molecular complexity index is 1040. The molecule has 4 aromatic rings. The Labute approximate surface area is 175 Å². The van der Waals surface area contributed by atoms with Crippen molar-refractivity contribution in [3.63, 3.8) is 0 Å². The van der Waals surface area contributed by atoms with E-state index in [1.54, 1.807) is 24.8 Å². The van der Waals surface area contributed by atoms with E-state index in [4.69, 9.17) is 9.97 Å². The minimum absolute atomic E-state index is 0.680. The van der Waals surface area contributed by atoms with Crippen LogP contribution in [-0.4, -0.2) is 51.1 Å². The highest BCUT2D eigenvalue weighted by Crippen LogP contribution is 2.26. The van der Waals surface area contributed by atoms with Gasteiger partial charge in [0.2, 0.25) is 0 Å². The highest BCUT2D eigenvalue weighted by molar-refractivity contribution is 5.67. The molecule has 0 atom stereocenters. The molecule has 0 unspecified atom stereocenters. The number of nitrogens with zero attached hydrogens (tertiary/aromatic N) is 7. The summed E-state index contributed by atoms with van der Waals surface area (Å²) in [5.41, 5.74) is 2.81. The molecule has 0 bridgehead atoms. The summed E-state index contributed by atoms with van der Waals surface area (Å²) in [7, 11) is 0. The van der Waals surface area contributed by atoms with E-state index in [1.807, 2.05) is 42.6 Å². The highest BCUT2D eigenvalue weighted by Gasteiger charge is 2.20. The molecule has 0 aromatic carbocycles. The summed E-state index contributed by atoms with van der Waals surface area (Å²) >= 11 is 0. The van der Waals surface area contributed by atoms with Gasteiger partial charge in [-0.2, -0.15) is 0 Å². The Balaban J connectivity index is 1.46. The fraction of sp³-hybridized carbons (Fsp3) is 0.174. The lowest BCUT2D eigenvalue weighted by Crippen LogP contribution is -2.47. The molecule has 1 saturated heterocycles. The predicted molar refractivity (Wildman–Crippen MR) is 117 cm³/mol. The van der Waals surface area contributed by atoms with Crippen LogP contribution in [0.4, 0.5) is 11.6 Å². The van der Waals surface area contributed by atoms with E-state index < -0.39 is 0 Å². The van der Waals surface area contributed by atoms with Gasteiger partial charge in [-0.05, 0) is 36.4 Å². The molecule has 5 rings (SSSR count). The van der Waals surface area contributed by atoms with E-state index in [0.29, 0.717) is 5.82 Å². The minimum Gasteiger partial charge on any atom is -0.353 e. The molecule has 5 heterocycles. The van der Waals surface area contributed by atoms with Crippen molar-refractivity contribution in [2.75, 3.05) is 36.0 Å². The van der Waals surface area contributed by atoms with Gasteiger partial charge in [0, 0.05) is 74.4 Å². The van der Waals surface area contributed by atoms with Gasteiger partial charge < -0.3 is 9.80 Å². The largest absolute Gasteiger partial charge is 0.353 e. The Kier molecular flexibility index (Phi) is 4.99. The maximum atomic E-state index is 4.88. The summed E-state index contributed by atoms with van der Waals surface area (Å²) in [5, 5.41) is 0. The molecule has 4 aromatic heterocycles. The molecule has 1 aliphatic rings. The average Bonchev–Trinajstić information content (AvgIpc) is 2.85. The molecule has 1 fully saturated rings. The summed E-state index contributed by atoms with van der Waals surface area (Å²) in [4.78, 5) is 27.1. The summed E-state index contributed by atoms with van der Waals surface area (Å²) < 4.78 is 0. The summed E-state index contributed by atoms with van der Waals surface area (Å²) in [5.74, 6) is 2.63. The Hall–Kier alpha value is -3.87. The van der Waals surface area contributed by atoms with Crippen molar-refractivity contribution in [1.82, 2.24) is 24.9 Å². The van der Waals surface area contributed by atoms with Gasteiger partial charge in [-0.1, -0.05) is 6.07 Å². The molecular formula is C23H21N7. The maximum Gasteiger partial charge on any atom is 0.163 e. The maximum absolute atomic E-state index is 4.88. The normalized spacial score (nSPS) is 14.0. The Morgan fingerprint density at radius 2 is 1.43 bits per heavy atom. The monoisotopic (exact) mass is 395 g/mol. The van der Waals surface area contributed by atoms with E-state index in [2.05, 4.69) is 36.9 Å². The van der Waals surface area contributed by atoms with Gasteiger partial charge in [0.1, 0.15) is 11.6 Å². The first-order valence-electron chi connectivity index (χ1n) is 9.98. The zero-order chi connectivity index (χ0) is 20.2. The van der Waals surface area contributed by atoms with Crippen molar-refractivity contribution in [2.24, 2.45) is 0 Å². The van der Waals surface area contributed by atoms with Gasteiger partial charge in [0.25, 0.3) is 0 Å². The van der Waals surface area contributed by atoms with Crippen LogP contribution in [0.1, 0.15) is 0 Å². The molecule has 30 heavy (non-hydrogen) atoms. The zero-order valence-electron chi connectivity index (χ0n) is 16.5. The summed E-state index contributed by atoms with van der Waals surface area (Å²) in [6, 6.07) is 15.9. The van der Waals surface area contributed by atoms with Gasteiger partial charge in [0.15, 0.2) is 5.82 Å². The van der Waals surface area contributed by atoms with Crippen LogP contribution in [0, 0.1) is 0 Å². The SMILES string of the molecule is c1ccc(N2CCN(c3cc(-c4ccncc4)nc(-c4cccnc4)n3)CC2)nc1. The molecule has 7 nitrogen and oxygen atoms in total. The standard InChI is InChI=1S/C23H21N7/c1-2-9-26-21(5-1)29-12-14-30(15-13-29)22-16-20(18-6-10-24-11-7-18)27-23(28-22)19-4-3-8-25-17-19/h1-11,16-17H,12-15H2. The smallest absolute Gasteiger partial charge is 0.163 e. The van der Waals surface area contributed by atoms with Gasteiger partial charge in [-0.25, -0.2) is 15.0 Å². The minimum atomic E-state index is 0.680. The van der Waals surface area contributed by atoms with Crippen LogP contribution in [0.3, 0.4) is 0 Å². The van der Waals surface area contributed by atoms with Crippen LogP contribution in [0.15, 0.2) is 79.5 Å². The first kappa shape index (κ1) is 18.2. The molecule has 0 N–H and O–H groups in total. The first-order valence-corrected chi connectivity index (χ1v) is 9.98. The summed E-state index contributed by atoms with van der Waals surface area (Å²) in [6.45, 7) is 3.54. The quantitative estimate of drug-likeness (QED) is 0.525. The zero-order valence-corrected chi connectivity index (χ0v) is 16.5. The lowest BCUT2D eigenvalue weighted by molar-refractivity contribution is 0.641. The van der Waals surface area contributed by atoms with Crippen LogP contribution < -0.4 is 9.80 Å². The third-order valence-electron chi connectivity index (χ3n) is 5.19. The summed E-state index contributed by atoms with van der Waals surface area (Å²) in [6.07, 6.45) is 8.97. The molecule has 0 aliphatic carbocycles. The van der Waals surface area contributed by atoms with Crippen LogP contribution in [0.5, 0.6) is 0 Å². The van der Waals surface area contributed by atoms with Crippen LogP contribution in [0.25, 0.3) is 22.6 Å². The topological polar surface area (TPSA) is 70.9 Å². The van der Waals surface area contributed by atoms with Crippen molar-refractivity contribution in [3.05, 3.63) is 79.5 Å². The molecule has 1 aliphatic heterocycles. The molecular weight excluding hydrogens is 374 g/mol. The lowest BCUT2D eigenvalue weighted by atomic mass is 10.1. The third kappa shape index (κ3) is 3.82. The molecule has 0 radical (unpaired) electrons. The molecule has 0 spiro atoms. The van der Waals surface area contributed by atoms with Crippen LogP contribution in [0.2, 0.25) is 0 Å². The second-order valence-electron chi connectivity index (χ2n) is 7.07. The third-order valence-corrected chi connectivity index (χ3v) is 5.19. The predicted octanol–water partition coefficient (Wildman–Crippen LogP) is 3.32. The average molecular weight is 395 g/mol. The van der Waals surface area contributed by atoms with Crippen LogP contribution >= 0.6 is 0 Å². The van der Waals surface area contributed by atoms with E-state index in [9.17, 15) is 0 Å². The van der Waals surface area contributed by atoms with E-state index in [-0.39, 0.29) is 0 Å². The van der Waals surface area contributed by atoms with Crippen LogP contribution in [-0.2, 0) is 0 Å². The fourth-order valence-corrected chi connectivity index (χ4v) is 3.60. The fourth-order valence-electron chi connectivity index (χ4n) is 3.60. The molecule has 0 saturated carbocycles. The van der Waals surface area contributed by atoms with Crippen molar-refractivity contribution in [1.29, 1.82) is 0 Å². The Morgan fingerprint density at radius 3 is 2.13 bits per heavy atom. The van der Waals surface area contributed by atoms with Crippen molar-refractivity contribution < 1.29 is 0 Å². The van der Waals surface area contributed by atoms with Gasteiger partial charge in [-0.3, -0.25) is 9.97 Å². The van der Waals surface area contributed by atoms with Crippen molar-refractivity contribution in [3.8, 4) is 22.6 Å². The van der Waals surface area contributed by atoms with Gasteiger partial charge >= 0.3 is 0 Å². The number of hydrogen-bond donors (Lipinski definition) is 0. The second-order valence-corrected chi connectivity index (χ2v) is 7.07. The van der Waals surface area contributed by atoms with Crippen molar-refractivity contribution in [2.45, 2.75) is 0 Å². The first-order chi connectivity index (χ1) is 14.9. The highest BCUT2D eigenvalue weighted by atomic mass is 15.3. The number of aromatic nitrogens is 5. The van der Waals surface area contributed by atoms with E-state index in [1.165, 1.54) is 0 Å². The van der Waals surface area contributed by atoms with Gasteiger partial charge in [0.05, 0.1) is 5.69 Å². The number of piperazine rings is 1. The molecule has 7 heteroatoms. The Morgan fingerprint density at radius 1 is 0.633 bits per heavy atom. The number of anilines is 2. The van der Waals surface area contributed by atoms with E-state index >= 15 is 0 Å².